The molecule has 0 aliphatic carbocycles. The van der Waals surface area contributed by atoms with Gasteiger partial charge in [-0.2, -0.15) is 4.98 Å². The highest BCUT2D eigenvalue weighted by atomic mass is 35.5. The highest BCUT2D eigenvalue weighted by molar-refractivity contribution is 6.33. The summed E-state index contributed by atoms with van der Waals surface area (Å²) in [5.74, 6) is -0.433. The van der Waals surface area contributed by atoms with Gasteiger partial charge in [0, 0.05) is 6.20 Å². The molecule has 2 rings (SSSR count). The Balaban J connectivity index is 2.42. The van der Waals surface area contributed by atoms with Crippen molar-refractivity contribution in [3.8, 4) is 0 Å². The number of nitrogens with zero attached hydrogens (tertiary/aromatic N) is 2. The Bertz CT molecular complexity index is 603. The zero-order chi connectivity index (χ0) is 13.1. The number of hydrogen-bond donors (Lipinski definition) is 2. The molecule has 0 bridgehead atoms. The average Bonchev–Trinajstić information content (AvgIpc) is 2.32. The minimum Gasteiger partial charge on any atom is -0.365 e. The van der Waals surface area contributed by atoms with E-state index in [9.17, 15) is 4.79 Å². The van der Waals surface area contributed by atoms with E-state index in [-0.39, 0.29) is 16.7 Å². The standard InChI is InChI=1S/C11H8Cl2N4O/c12-7-3-1-2-4-8(7)16-10-6(9(14)18)5-15-11(13)17-10/h1-5H,(H2,14,18)(H,15,16,17). The molecule has 1 heterocycles. The number of para-hydroxylation sites is 1. The molecule has 0 fully saturated rings. The summed E-state index contributed by atoms with van der Waals surface area (Å²) in [4.78, 5) is 18.9. The van der Waals surface area contributed by atoms with E-state index >= 15 is 0 Å². The smallest absolute Gasteiger partial charge is 0.254 e. The van der Waals surface area contributed by atoms with E-state index in [2.05, 4.69) is 15.3 Å². The topological polar surface area (TPSA) is 80.9 Å². The van der Waals surface area contributed by atoms with Crippen molar-refractivity contribution in [1.29, 1.82) is 0 Å². The van der Waals surface area contributed by atoms with Gasteiger partial charge in [0.1, 0.15) is 11.4 Å². The Morgan fingerprint density at radius 1 is 1.28 bits per heavy atom. The maximum Gasteiger partial charge on any atom is 0.254 e. The Morgan fingerprint density at radius 2 is 2.00 bits per heavy atom. The lowest BCUT2D eigenvalue weighted by Crippen LogP contribution is -2.15. The van der Waals surface area contributed by atoms with E-state index in [0.717, 1.165) is 0 Å². The molecule has 0 spiro atoms. The molecule has 0 saturated heterocycles. The van der Waals surface area contributed by atoms with Crippen molar-refractivity contribution in [2.24, 2.45) is 5.73 Å². The molecule has 2 aromatic rings. The average molecular weight is 283 g/mol. The number of primary amides is 1. The van der Waals surface area contributed by atoms with Crippen LogP contribution in [0.4, 0.5) is 11.5 Å². The van der Waals surface area contributed by atoms with Crippen molar-refractivity contribution >= 4 is 40.6 Å². The molecule has 1 aromatic heterocycles. The molecule has 18 heavy (non-hydrogen) atoms. The second-order valence-electron chi connectivity index (χ2n) is 3.37. The first-order valence-corrected chi connectivity index (χ1v) is 5.67. The predicted octanol–water partition coefficient (Wildman–Crippen LogP) is 2.63. The van der Waals surface area contributed by atoms with Gasteiger partial charge in [-0.25, -0.2) is 4.98 Å². The molecular formula is C11H8Cl2N4O. The molecule has 0 aliphatic heterocycles. The predicted molar refractivity (Wildman–Crippen MR) is 70.3 cm³/mol. The van der Waals surface area contributed by atoms with Crippen LogP contribution in [0.5, 0.6) is 0 Å². The van der Waals surface area contributed by atoms with Crippen molar-refractivity contribution in [1.82, 2.24) is 9.97 Å². The van der Waals surface area contributed by atoms with Gasteiger partial charge < -0.3 is 11.1 Å². The Kier molecular flexibility index (Phi) is 3.64. The Hall–Kier alpha value is -1.85. The van der Waals surface area contributed by atoms with Gasteiger partial charge in [-0.05, 0) is 23.7 Å². The number of carbonyl (C=O) groups excluding carboxylic acids is 1. The molecule has 1 amide bonds. The van der Waals surface area contributed by atoms with Gasteiger partial charge in [-0.15, -0.1) is 0 Å². The number of benzene rings is 1. The van der Waals surface area contributed by atoms with E-state index in [0.29, 0.717) is 10.7 Å². The monoisotopic (exact) mass is 282 g/mol. The van der Waals surface area contributed by atoms with Gasteiger partial charge >= 0.3 is 0 Å². The molecule has 0 atom stereocenters. The molecule has 5 nitrogen and oxygen atoms in total. The Labute approximate surface area is 113 Å². The van der Waals surface area contributed by atoms with Gasteiger partial charge in [0.05, 0.1) is 10.7 Å². The molecular weight excluding hydrogens is 275 g/mol. The number of anilines is 2. The summed E-state index contributed by atoms with van der Waals surface area (Å²) in [6.45, 7) is 0. The van der Waals surface area contributed by atoms with Gasteiger partial charge in [0.25, 0.3) is 5.91 Å². The van der Waals surface area contributed by atoms with Crippen LogP contribution in [0.15, 0.2) is 30.5 Å². The van der Waals surface area contributed by atoms with E-state index in [4.69, 9.17) is 28.9 Å². The molecule has 7 heteroatoms. The van der Waals surface area contributed by atoms with Crippen LogP contribution in [0.1, 0.15) is 10.4 Å². The number of carbonyl (C=O) groups is 1. The number of hydrogen-bond acceptors (Lipinski definition) is 4. The summed E-state index contributed by atoms with van der Waals surface area (Å²) < 4.78 is 0. The van der Waals surface area contributed by atoms with Crippen molar-refractivity contribution < 1.29 is 4.79 Å². The number of nitrogens with two attached hydrogens (primary N) is 1. The van der Waals surface area contributed by atoms with Gasteiger partial charge in [-0.3, -0.25) is 4.79 Å². The lowest BCUT2D eigenvalue weighted by Gasteiger charge is -2.09. The fourth-order valence-electron chi connectivity index (χ4n) is 1.33. The van der Waals surface area contributed by atoms with Crippen LogP contribution in [0.2, 0.25) is 10.3 Å². The van der Waals surface area contributed by atoms with Crippen LogP contribution in [0, 0.1) is 0 Å². The molecule has 1 aromatic carbocycles. The highest BCUT2D eigenvalue weighted by Gasteiger charge is 2.12. The molecule has 92 valence electrons. The first kappa shape index (κ1) is 12.6. The maximum absolute atomic E-state index is 11.2. The third kappa shape index (κ3) is 2.69. The fraction of sp³-hybridized carbons (Fsp3) is 0. The number of rotatable bonds is 3. The number of halogens is 2. The third-order valence-electron chi connectivity index (χ3n) is 2.15. The summed E-state index contributed by atoms with van der Waals surface area (Å²) in [6, 6.07) is 7.02. The van der Waals surface area contributed by atoms with E-state index in [1.807, 2.05) is 0 Å². The van der Waals surface area contributed by atoms with E-state index in [1.165, 1.54) is 6.20 Å². The first-order chi connectivity index (χ1) is 8.58. The second kappa shape index (κ2) is 5.20. The molecule has 0 saturated carbocycles. The summed E-state index contributed by atoms with van der Waals surface area (Å²) in [5, 5.41) is 3.39. The third-order valence-corrected chi connectivity index (χ3v) is 2.66. The van der Waals surface area contributed by atoms with Crippen molar-refractivity contribution in [2.75, 3.05) is 5.32 Å². The van der Waals surface area contributed by atoms with Crippen molar-refractivity contribution in [3.63, 3.8) is 0 Å². The summed E-state index contributed by atoms with van der Waals surface area (Å²) in [7, 11) is 0. The quantitative estimate of drug-likeness (QED) is 0.848. The molecule has 0 radical (unpaired) electrons. The zero-order valence-electron chi connectivity index (χ0n) is 9.02. The first-order valence-electron chi connectivity index (χ1n) is 4.92. The minimum absolute atomic E-state index is 0.00885. The summed E-state index contributed by atoms with van der Waals surface area (Å²) in [5.41, 5.74) is 5.95. The molecule has 0 aliphatic rings. The summed E-state index contributed by atoms with van der Waals surface area (Å²) >= 11 is 11.7. The van der Waals surface area contributed by atoms with Crippen LogP contribution < -0.4 is 11.1 Å². The lowest BCUT2D eigenvalue weighted by molar-refractivity contribution is 0.100. The zero-order valence-corrected chi connectivity index (χ0v) is 10.5. The maximum atomic E-state index is 11.2. The SMILES string of the molecule is NC(=O)c1cnc(Cl)nc1Nc1ccccc1Cl. The lowest BCUT2D eigenvalue weighted by atomic mass is 10.2. The number of nitrogens with one attached hydrogen (secondary N) is 1. The molecule has 0 unspecified atom stereocenters. The number of amides is 1. The molecule has 3 N–H and O–H groups in total. The largest absolute Gasteiger partial charge is 0.365 e. The van der Waals surface area contributed by atoms with Crippen molar-refractivity contribution in [2.45, 2.75) is 0 Å². The van der Waals surface area contributed by atoms with Crippen LogP contribution >= 0.6 is 23.2 Å². The minimum atomic E-state index is -0.652. The number of aromatic nitrogens is 2. The highest BCUT2D eigenvalue weighted by Crippen LogP contribution is 2.25. The van der Waals surface area contributed by atoms with E-state index in [1.54, 1.807) is 24.3 Å². The van der Waals surface area contributed by atoms with E-state index < -0.39 is 5.91 Å². The van der Waals surface area contributed by atoms with Crippen LogP contribution in [0.25, 0.3) is 0 Å². The normalized spacial score (nSPS) is 10.1. The Morgan fingerprint density at radius 3 is 2.67 bits per heavy atom. The summed E-state index contributed by atoms with van der Waals surface area (Å²) in [6.07, 6.45) is 1.26. The fourth-order valence-corrected chi connectivity index (χ4v) is 1.64. The van der Waals surface area contributed by atoms with Crippen LogP contribution in [-0.4, -0.2) is 15.9 Å². The van der Waals surface area contributed by atoms with Gasteiger partial charge in [0.2, 0.25) is 5.28 Å². The van der Waals surface area contributed by atoms with Crippen molar-refractivity contribution in [3.05, 3.63) is 46.3 Å². The van der Waals surface area contributed by atoms with Gasteiger partial charge in [-0.1, -0.05) is 23.7 Å². The van der Waals surface area contributed by atoms with Gasteiger partial charge in [0.15, 0.2) is 0 Å². The second-order valence-corrected chi connectivity index (χ2v) is 4.12. The van der Waals surface area contributed by atoms with Crippen LogP contribution in [-0.2, 0) is 0 Å². The van der Waals surface area contributed by atoms with Crippen LogP contribution in [0.3, 0.4) is 0 Å².